The molecule has 0 bridgehead atoms. The van der Waals surface area contributed by atoms with E-state index in [2.05, 4.69) is 10.3 Å². The normalized spacial score (nSPS) is 10.6. The summed E-state index contributed by atoms with van der Waals surface area (Å²) in [5.41, 5.74) is 1.61. The SMILES string of the molecule is O=C(CCc1csc(-c2ccccc2F)n1)Nc1cccc(F)c1. The van der Waals surface area contributed by atoms with E-state index in [0.29, 0.717) is 22.7 Å². The Morgan fingerprint density at radius 2 is 1.96 bits per heavy atom. The smallest absolute Gasteiger partial charge is 0.224 e. The van der Waals surface area contributed by atoms with Crippen molar-refractivity contribution in [2.45, 2.75) is 12.8 Å². The van der Waals surface area contributed by atoms with Crippen LogP contribution in [-0.4, -0.2) is 10.9 Å². The second-order valence-electron chi connectivity index (χ2n) is 5.18. The second-order valence-corrected chi connectivity index (χ2v) is 6.04. The lowest BCUT2D eigenvalue weighted by atomic mass is 10.2. The van der Waals surface area contributed by atoms with Gasteiger partial charge in [0.05, 0.1) is 5.69 Å². The third-order valence-electron chi connectivity index (χ3n) is 3.37. The zero-order chi connectivity index (χ0) is 16.9. The van der Waals surface area contributed by atoms with E-state index >= 15 is 0 Å². The standard InChI is InChI=1S/C18H14F2N2OS/c19-12-4-3-5-13(10-12)21-17(23)9-8-14-11-24-18(22-14)15-6-1-2-7-16(15)20/h1-7,10-11H,8-9H2,(H,21,23). The van der Waals surface area contributed by atoms with E-state index in [0.717, 1.165) is 5.69 Å². The van der Waals surface area contributed by atoms with Crippen molar-refractivity contribution in [3.63, 3.8) is 0 Å². The third kappa shape index (κ3) is 4.02. The van der Waals surface area contributed by atoms with Crippen LogP contribution in [0.25, 0.3) is 10.6 Å². The summed E-state index contributed by atoms with van der Waals surface area (Å²) in [5.74, 6) is -0.940. The van der Waals surface area contributed by atoms with Crippen molar-refractivity contribution >= 4 is 22.9 Å². The average molecular weight is 344 g/mol. The second kappa shape index (κ2) is 7.31. The van der Waals surface area contributed by atoms with Crippen LogP contribution in [0.3, 0.4) is 0 Å². The summed E-state index contributed by atoms with van der Waals surface area (Å²) in [7, 11) is 0. The Morgan fingerprint density at radius 1 is 1.12 bits per heavy atom. The van der Waals surface area contributed by atoms with E-state index in [1.165, 1.54) is 35.6 Å². The highest BCUT2D eigenvalue weighted by molar-refractivity contribution is 7.13. The molecule has 0 fully saturated rings. The van der Waals surface area contributed by atoms with Gasteiger partial charge in [0.15, 0.2) is 0 Å². The molecule has 1 aromatic heterocycles. The van der Waals surface area contributed by atoms with E-state index < -0.39 is 5.82 Å². The molecule has 0 spiro atoms. The number of hydrogen-bond acceptors (Lipinski definition) is 3. The van der Waals surface area contributed by atoms with E-state index in [4.69, 9.17) is 0 Å². The number of thiazole rings is 1. The number of anilines is 1. The molecule has 1 amide bonds. The lowest BCUT2D eigenvalue weighted by Crippen LogP contribution is -2.12. The molecule has 3 nitrogen and oxygen atoms in total. The van der Waals surface area contributed by atoms with Crippen molar-refractivity contribution in [2.24, 2.45) is 0 Å². The van der Waals surface area contributed by atoms with Crippen molar-refractivity contribution in [1.29, 1.82) is 0 Å². The van der Waals surface area contributed by atoms with Crippen molar-refractivity contribution in [2.75, 3.05) is 5.32 Å². The van der Waals surface area contributed by atoms with Crippen LogP contribution in [0.1, 0.15) is 12.1 Å². The van der Waals surface area contributed by atoms with Crippen molar-refractivity contribution in [3.8, 4) is 10.6 Å². The first-order valence-corrected chi connectivity index (χ1v) is 8.24. The Morgan fingerprint density at radius 3 is 2.75 bits per heavy atom. The molecule has 0 saturated carbocycles. The Hall–Kier alpha value is -2.60. The molecule has 24 heavy (non-hydrogen) atoms. The van der Waals surface area contributed by atoms with Gasteiger partial charge in [-0.1, -0.05) is 18.2 Å². The highest BCUT2D eigenvalue weighted by atomic mass is 32.1. The lowest BCUT2D eigenvalue weighted by Gasteiger charge is -2.04. The van der Waals surface area contributed by atoms with Gasteiger partial charge in [-0.15, -0.1) is 11.3 Å². The maximum atomic E-state index is 13.7. The summed E-state index contributed by atoms with van der Waals surface area (Å²) in [4.78, 5) is 16.3. The van der Waals surface area contributed by atoms with Gasteiger partial charge in [-0.25, -0.2) is 13.8 Å². The lowest BCUT2D eigenvalue weighted by molar-refractivity contribution is -0.116. The van der Waals surface area contributed by atoms with Crippen LogP contribution in [0.4, 0.5) is 14.5 Å². The van der Waals surface area contributed by atoms with Crippen molar-refractivity contribution in [1.82, 2.24) is 4.98 Å². The van der Waals surface area contributed by atoms with Gasteiger partial charge in [0.1, 0.15) is 16.6 Å². The molecule has 3 aromatic rings. The van der Waals surface area contributed by atoms with E-state index in [9.17, 15) is 13.6 Å². The van der Waals surface area contributed by atoms with Crippen LogP contribution in [0.5, 0.6) is 0 Å². The first kappa shape index (κ1) is 16.3. The fourth-order valence-electron chi connectivity index (χ4n) is 2.21. The number of halogens is 2. The van der Waals surface area contributed by atoms with Gasteiger partial charge >= 0.3 is 0 Å². The number of amides is 1. The van der Waals surface area contributed by atoms with Crippen LogP contribution < -0.4 is 5.32 Å². The van der Waals surface area contributed by atoms with Crippen molar-refractivity contribution in [3.05, 3.63) is 71.2 Å². The maximum Gasteiger partial charge on any atom is 0.224 e. The Labute approximate surface area is 142 Å². The molecule has 2 aromatic carbocycles. The molecule has 0 aliphatic heterocycles. The van der Waals surface area contributed by atoms with Crippen molar-refractivity contribution < 1.29 is 13.6 Å². The maximum absolute atomic E-state index is 13.7. The molecular weight excluding hydrogens is 330 g/mol. The van der Waals surface area contributed by atoms with Gasteiger partial charge in [-0.05, 0) is 36.8 Å². The number of benzene rings is 2. The molecule has 0 aliphatic carbocycles. The first-order chi connectivity index (χ1) is 11.6. The summed E-state index contributed by atoms with van der Waals surface area (Å²) in [6.45, 7) is 0. The first-order valence-electron chi connectivity index (χ1n) is 7.36. The Kier molecular flexibility index (Phi) is 4.96. The van der Waals surface area contributed by atoms with Gasteiger partial charge < -0.3 is 5.32 Å². The Balaban J connectivity index is 1.59. The third-order valence-corrected chi connectivity index (χ3v) is 4.30. The van der Waals surface area contributed by atoms with Gasteiger partial charge in [0, 0.05) is 23.1 Å². The molecule has 0 atom stereocenters. The summed E-state index contributed by atoms with van der Waals surface area (Å²) in [6, 6.07) is 12.2. The number of aromatic nitrogens is 1. The largest absolute Gasteiger partial charge is 0.326 e. The van der Waals surface area contributed by atoms with Gasteiger partial charge in [0.25, 0.3) is 0 Å². The minimum Gasteiger partial charge on any atom is -0.326 e. The van der Waals surface area contributed by atoms with Crippen LogP contribution in [0.2, 0.25) is 0 Å². The molecule has 1 N–H and O–H groups in total. The molecule has 1 heterocycles. The van der Waals surface area contributed by atoms with Crippen LogP contribution in [-0.2, 0) is 11.2 Å². The van der Waals surface area contributed by atoms with E-state index in [1.54, 1.807) is 24.3 Å². The summed E-state index contributed by atoms with van der Waals surface area (Å²) >= 11 is 1.34. The molecule has 3 rings (SSSR count). The van der Waals surface area contributed by atoms with Crippen LogP contribution >= 0.6 is 11.3 Å². The highest BCUT2D eigenvalue weighted by Crippen LogP contribution is 2.26. The Bertz CT molecular complexity index is 863. The molecule has 6 heteroatoms. The zero-order valence-electron chi connectivity index (χ0n) is 12.6. The predicted molar refractivity (Wildman–Crippen MR) is 90.9 cm³/mol. The number of rotatable bonds is 5. The van der Waals surface area contributed by atoms with Crippen LogP contribution in [0.15, 0.2) is 53.9 Å². The summed E-state index contributed by atoms with van der Waals surface area (Å²) in [5, 5.41) is 5.05. The summed E-state index contributed by atoms with van der Waals surface area (Å²) in [6.07, 6.45) is 0.656. The van der Waals surface area contributed by atoms with E-state index in [-0.39, 0.29) is 18.1 Å². The molecule has 0 unspecified atom stereocenters. The fourth-order valence-corrected chi connectivity index (χ4v) is 3.09. The molecule has 0 saturated heterocycles. The fraction of sp³-hybridized carbons (Fsp3) is 0.111. The number of carbonyl (C=O) groups excluding carboxylic acids is 1. The predicted octanol–water partition coefficient (Wildman–Crippen LogP) is 4.66. The van der Waals surface area contributed by atoms with Gasteiger partial charge in [-0.3, -0.25) is 4.79 Å². The monoisotopic (exact) mass is 344 g/mol. The highest BCUT2D eigenvalue weighted by Gasteiger charge is 2.10. The zero-order valence-corrected chi connectivity index (χ0v) is 13.4. The number of aryl methyl sites for hydroxylation is 1. The molecule has 122 valence electrons. The van der Waals surface area contributed by atoms with Gasteiger partial charge in [0.2, 0.25) is 5.91 Å². The molecule has 0 radical (unpaired) electrons. The topological polar surface area (TPSA) is 42.0 Å². The number of hydrogen-bond donors (Lipinski definition) is 1. The minimum absolute atomic E-state index is 0.219. The molecular formula is C18H14F2N2OS. The number of nitrogens with zero attached hydrogens (tertiary/aromatic N) is 1. The van der Waals surface area contributed by atoms with Crippen LogP contribution in [0, 0.1) is 11.6 Å². The summed E-state index contributed by atoms with van der Waals surface area (Å²) < 4.78 is 26.8. The average Bonchev–Trinajstić information content (AvgIpc) is 3.02. The number of nitrogens with one attached hydrogen (secondary N) is 1. The molecule has 0 aliphatic rings. The minimum atomic E-state index is -0.401. The quantitative estimate of drug-likeness (QED) is 0.731. The van der Waals surface area contributed by atoms with E-state index in [1.807, 2.05) is 5.38 Å². The van der Waals surface area contributed by atoms with Gasteiger partial charge in [-0.2, -0.15) is 0 Å². The number of carbonyl (C=O) groups is 1.